The molecule has 1 aromatic rings. The van der Waals surface area contributed by atoms with Crippen LogP contribution in [0.5, 0.6) is 0 Å². The summed E-state index contributed by atoms with van der Waals surface area (Å²) < 4.78 is 8.38. The summed E-state index contributed by atoms with van der Waals surface area (Å²) in [5, 5.41) is 10.8. The summed E-state index contributed by atoms with van der Waals surface area (Å²) in [7, 11) is 0. The van der Waals surface area contributed by atoms with Crippen LogP contribution in [0.4, 0.5) is 0 Å². The summed E-state index contributed by atoms with van der Waals surface area (Å²) >= 11 is 0. The van der Waals surface area contributed by atoms with Crippen molar-refractivity contribution in [3.63, 3.8) is 0 Å². The van der Waals surface area contributed by atoms with Crippen molar-refractivity contribution >= 4 is 5.97 Å². The Morgan fingerprint density at radius 3 is 2.37 bits per heavy atom. The number of ether oxygens (including phenoxy) is 1. The van der Waals surface area contributed by atoms with E-state index in [9.17, 15) is 9.90 Å². The van der Waals surface area contributed by atoms with Crippen molar-refractivity contribution in [1.82, 2.24) is 0 Å². The fourth-order valence-electron chi connectivity index (χ4n) is 13.0. The molecule has 10 atom stereocenters. The maximum atomic E-state index is 13.3. The van der Waals surface area contributed by atoms with Crippen LogP contribution in [-0.4, -0.2) is 23.8 Å². The van der Waals surface area contributed by atoms with Crippen LogP contribution in [0.25, 0.3) is 0 Å². The van der Waals surface area contributed by atoms with Gasteiger partial charge in [-0.3, -0.25) is 0 Å². The van der Waals surface area contributed by atoms with Crippen LogP contribution in [0, 0.1) is 70.5 Å². The lowest BCUT2D eigenvalue weighted by atomic mass is 9.32. The molecule has 5 aliphatic rings. The van der Waals surface area contributed by atoms with Crippen molar-refractivity contribution in [2.24, 2.45) is 56.7 Å². The molecule has 0 spiro atoms. The lowest BCUT2D eigenvalue weighted by molar-refractivity contribution is -0.692. The number of carbonyl (C=O) groups excluding carboxylic acids is 1. The molecule has 5 fully saturated rings. The molecule has 0 bridgehead atoms. The maximum Gasteiger partial charge on any atom is 0.372 e. The summed E-state index contributed by atoms with van der Waals surface area (Å²) in [5.74, 6) is 2.95. The first-order chi connectivity index (χ1) is 20.1. The van der Waals surface area contributed by atoms with Crippen molar-refractivity contribution in [2.75, 3.05) is 6.61 Å². The summed E-state index contributed by atoms with van der Waals surface area (Å²) in [4.78, 5) is 13.3. The molecule has 4 nitrogen and oxygen atoms in total. The van der Waals surface area contributed by atoms with Gasteiger partial charge in [-0.2, -0.15) is 4.57 Å². The van der Waals surface area contributed by atoms with E-state index in [4.69, 9.17) is 4.74 Å². The lowest BCUT2D eigenvalue weighted by Gasteiger charge is -2.73. The zero-order valence-corrected chi connectivity index (χ0v) is 28.6. The molecular formula is C39H60NO3+. The molecule has 238 valence electrons. The van der Waals surface area contributed by atoms with Gasteiger partial charge in [-0.05, 0) is 135 Å². The highest BCUT2D eigenvalue weighted by Crippen LogP contribution is 2.77. The van der Waals surface area contributed by atoms with Crippen LogP contribution >= 0.6 is 0 Å². The minimum Gasteiger partial charge on any atom is -0.457 e. The van der Waals surface area contributed by atoms with Gasteiger partial charge >= 0.3 is 5.97 Å². The normalized spacial score (nSPS) is 44.9. The maximum absolute atomic E-state index is 13.3. The Bertz CT molecular complexity index is 1290. The van der Waals surface area contributed by atoms with Crippen molar-refractivity contribution in [2.45, 2.75) is 132 Å². The van der Waals surface area contributed by atoms with Gasteiger partial charge in [0.1, 0.15) is 6.10 Å². The van der Waals surface area contributed by atoms with E-state index in [-0.39, 0.29) is 34.9 Å². The minimum absolute atomic E-state index is 0.0321. The van der Waals surface area contributed by atoms with Gasteiger partial charge in [-0.25, -0.2) is 4.79 Å². The number of aryl methyl sites for hydroxylation is 2. The van der Waals surface area contributed by atoms with E-state index in [2.05, 4.69) is 74.1 Å². The molecule has 1 heterocycles. The number of pyridine rings is 1. The molecule has 0 radical (unpaired) electrons. The van der Waals surface area contributed by atoms with E-state index in [0.29, 0.717) is 47.0 Å². The van der Waals surface area contributed by atoms with Crippen molar-refractivity contribution in [3.05, 3.63) is 41.7 Å². The molecule has 0 aromatic carbocycles. The molecule has 0 saturated heterocycles. The van der Waals surface area contributed by atoms with E-state index in [1.165, 1.54) is 62.5 Å². The van der Waals surface area contributed by atoms with Gasteiger partial charge in [0.25, 0.3) is 0 Å². The molecule has 5 aliphatic carbocycles. The molecule has 0 amide bonds. The summed E-state index contributed by atoms with van der Waals surface area (Å²) in [5.41, 5.74) is 4.55. The molecule has 43 heavy (non-hydrogen) atoms. The van der Waals surface area contributed by atoms with Crippen LogP contribution in [0.15, 0.2) is 30.5 Å². The number of allylic oxidation sites excluding steroid dienone is 1. The molecule has 4 heteroatoms. The molecular weight excluding hydrogens is 530 g/mol. The molecule has 6 rings (SSSR count). The van der Waals surface area contributed by atoms with Gasteiger partial charge in [0, 0.05) is 31.1 Å². The molecule has 1 aromatic heterocycles. The lowest BCUT2D eigenvalue weighted by Crippen LogP contribution is -2.67. The number of esters is 1. The van der Waals surface area contributed by atoms with Crippen molar-refractivity contribution < 1.29 is 19.2 Å². The smallest absolute Gasteiger partial charge is 0.372 e. The second-order valence-electron chi connectivity index (χ2n) is 17.5. The molecule has 0 aliphatic heterocycles. The fourth-order valence-corrected chi connectivity index (χ4v) is 13.0. The number of fused-ring (bicyclic) bond motifs is 7. The standard InChI is InChI=1S/C39H60NO3/c1-25(2)28-12-18-39(24-41)20-19-37(8)29(34(28)39)10-11-31-36(7)16-14-32(35(5,6)30(36)13-17-38(31,37)9)43-33(42)23-40-21-15-26(3)22-27(40)4/h15,21-22,28-32,34,41H,1,10-14,16-20,23-24H2,2-9H3/q+1/t28?,29?,30?,31?,32-,34?,36-,37+,38+,39+/m0/s1. The van der Waals surface area contributed by atoms with Crippen LogP contribution in [0.3, 0.4) is 0 Å². The number of aromatic nitrogens is 1. The quantitative estimate of drug-likeness (QED) is 0.214. The number of hydrogen-bond acceptors (Lipinski definition) is 3. The van der Waals surface area contributed by atoms with E-state index in [0.717, 1.165) is 18.5 Å². The average molecular weight is 591 g/mol. The zero-order chi connectivity index (χ0) is 31.2. The number of aliphatic hydroxyl groups excluding tert-OH is 1. The Morgan fingerprint density at radius 1 is 0.953 bits per heavy atom. The third-order valence-electron chi connectivity index (χ3n) is 15.5. The van der Waals surface area contributed by atoms with Crippen LogP contribution in [0.2, 0.25) is 0 Å². The first-order valence-electron chi connectivity index (χ1n) is 17.6. The third-order valence-corrected chi connectivity index (χ3v) is 15.5. The first kappa shape index (κ1) is 31.3. The van der Waals surface area contributed by atoms with E-state index in [1.54, 1.807) is 0 Å². The Morgan fingerprint density at radius 2 is 1.70 bits per heavy atom. The summed E-state index contributed by atoms with van der Waals surface area (Å²) in [6.07, 6.45) is 14.0. The Labute approximate surface area is 262 Å². The Balaban J connectivity index is 1.24. The highest BCUT2D eigenvalue weighted by molar-refractivity contribution is 5.68. The van der Waals surface area contributed by atoms with Crippen LogP contribution in [-0.2, 0) is 16.1 Å². The van der Waals surface area contributed by atoms with Gasteiger partial charge in [0.2, 0.25) is 6.54 Å². The van der Waals surface area contributed by atoms with E-state index >= 15 is 0 Å². The Kier molecular flexibility index (Phi) is 7.59. The van der Waals surface area contributed by atoms with Gasteiger partial charge in [-0.15, -0.1) is 0 Å². The first-order valence-corrected chi connectivity index (χ1v) is 17.6. The molecule has 5 saturated carbocycles. The minimum atomic E-state index is -0.106. The zero-order valence-electron chi connectivity index (χ0n) is 28.6. The molecule has 5 unspecified atom stereocenters. The number of rotatable bonds is 5. The van der Waals surface area contributed by atoms with Crippen molar-refractivity contribution in [1.29, 1.82) is 0 Å². The van der Waals surface area contributed by atoms with E-state index in [1.807, 2.05) is 10.8 Å². The number of hydrogen-bond donors (Lipinski definition) is 1. The molecule has 1 N–H and O–H groups in total. The second kappa shape index (κ2) is 10.4. The van der Waals surface area contributed by atoms with E-state index < -0.39 is 0 Å². The average Bonchev–Trinajstić information content (AvgIpc) is 3.33. The van der Waals surface area contributed by atoms with Gasteiger partial charge < -0.3 is 9.84 Å². The largest absolute Gasteiger partial charge is 0.457 e. The second-order valence-corrected chi connectivity index (χ2v) is 17.5. The van der Waals surface area contributed by atoms with Crippen LogP contribution in [0.1, 0.15) is 117 Å². The number of carbonyl (C=O) groups is 1. The fraction of sp³-hybridized carbons (Fsp3) is 0.795. The van der Waals surface area contributed by atoms with Crippen LogP contribution < -0.4 is 4.57 Å². The summed E-state index contributed by atoms with van der Waals surface area (Å²) in [6, 6.07) is 4.19. The Hall–Kier alpha value is -1.68. The van der Waals surface area contributed by atoms with Gasteiger partial charge in [-0.1, -0.05) is 46.8 Å². The predicted molar refractivity (Wildman–Crippen MR) is 172 cm³/mol. The SMILES string of the molecule is C=C(C)C1CC[C@]2(CO)CC[C@]3(C)C(CCC4[C@@]5(C)CC[C@H](OC(=O)C[n+]6ccc(C)cc6C)C(C)(C)C5CC[C@]43C)C12. The van der Waals surface area contributed by atoms with Gasteiger partial charge in [0.05, 0.1) is 0 Å². The highest BCUT2D eigenvalue weighted by atomic mass is 16.5. The number of aliphatic hydroxyl groups is 1. The topological polar surface area (TPSA) is 50.4 Å². The summed E-state index contributed by atoms with van der Waals surface area (Å²) in [6.45, 7) is 24.3. The highest BCUT2D eigenvalue weighted by Gasteiger charge is 2.71. The van der Waals surface area contributed by atoms with Gasteiger partial charge in [0.15, 0.2) is 11.9 Å². The van der Waals surface area contributed by atoms with Crippen molar-refractivity contribution in [3.8, 4) is 0 Å². The number of nitrogens with zero attached hydrogens (tertiary/aromatic N) is 1. The predicted octanol–water partition coefficient (Wildman–Crippen LogP) is 8.15. The monoisotopic (exact) mass is 590 g/mol. The third kappa shape index (κ3) is 4.45.